The van der Waals surface area contributed by atoms with E-state index < -0.39 is 10.0 Å². The molecule has 3 aromatic rings. The van der Waals surface area contributed by atoms with Gasteiger partial charge in [0.1, 0.15) is 5.75 Å². The molecular formula is C20H24N2O4S2. The molecule has 0 saturated carbocycles. The summed E-state index contributed by atoms with van der Waals surface area (Å²) >= 11 is 1.37. The van der Waals surface area contributed by atoms with Crippen LogP contribution in [0.4, 0.5) is 0 Å². The lowest BCUT2D eigenvalue weighted by Crippen LogP contribution is -2.20. The maximum absolute atomic E-state index is 12.8. The van der Waals surface area contributed by atoms with E-state index in [-0.39, 0.29) is 4.90 Å². The first kappa shape index (κ1) is 20.6. The normalized spacial score (nSPS) is 12.6. The molecule has 1 heterocycles. The predicted octanol–water partition coefficient (Wildman–Crippen LogP) is 3.65. The van der Waals surface area contributed by atoms with E-state index in [2.05, 4.69) is 16.5 Å². The molecule has 0 amide bonds. The van der Waals surface area contributed by atoms with E-state index in [1.165, 1.54) is 30.6 Å². The van der Waals surface area contributed by atoms with Gasteiger partial charge in [0.2, 0.25) is 4.80 Å². The predicted molar refractivity (Wildman–Crippen MR) is 112 cm³/mol. The number of hydrogen-bond donors (Lipinski definition) is 0. The minimum atomic E-state index is -3.84. The summed E-state index contributed by atoms with van der Waals surface area (Å²) in [5.41, 5.74) is 3.28. The summed E-state index contributed by atoms with van der Waals surface area (Å²) in [5, 5.41) is 0. The first-order valence-corrected chi connectivity index (χ1v) is 11.2. The lowest BCUT2D eigenvalue weighted by molar-refractivity contribution is 0.139. The number of thiazole rings is 1. The minimum Gasteiger partial charge on any atom is -0.497 e. The number of nitrogens with zero attached hydrogens (tertiary/aromatic N) is 2. The van der Waals surface area contributed by atoms with Crippen molar-refractivity contribution in [3.8, 4) is 5.75 Å². The highest BCUT2D eigenvalue weighted by atomic mass is 32.2. The Labute approximate surface area is 169 Å². The molecular weight excluding hydrogens is 396 g/mol. The molecule has 0 aliphatic carbocycles. The molecule has 0 fully saturated rings. The number of rotatable bonds is 7. The molecule has 3 rings (SSSR count). The Morgan fingerprint density at radius 2 is 1.79 bits per heavy atom. The Bertz CT molecular complexity index is 1140. The van der Waals surface area contributed by atoms with Crippen molar-refractivity contribution in [3.05, 3.63) is 52.3 Å². The van der Waals surface area contributed by atoms with Crippen LogP contribution in [0.2, 0.25) is 0 Å². The molecule has 8 heteroatoms. The Morgan fingerprint density at radius 3 is 2.43 bits per heavy atom. The van der Waals surface area contributed by atoms with Gasteiger partial charge in [0.15, 0.2) is 0 Å². The second-order valence-electron chi connectivity index (χ2n) is 6.38. The standard InChI is InChI=1S/C20H24N2O4S2/c1-5-26-11-10-22-18-12-14(2)15(3)13-19(18)27-20(22)21-28(23,24)17-8-6-16(25-4)7-9-17/h6-9,12-13H,5,10-11H2,1-4H3/b21-20-. The fraction of sp³-hybridized carbons (Fsp3) is 0.350. The number of sulfonamides is 1. The molecule has 0 saturated heterocycles. The third-order valence-electron chi connectivity index (χ3n) is 4.52. The van der Waals surface area contributed by atoms with Gasteiger partial charge >= 0.3 is 0 Å². The first-order chi connectivity index (χ1) is 13.4. The van der Waals surface area contributed by atoms with E-state index in [1.807, 2.05) is 25.3 Å². The fourth-order valence-electron chi connectivity index (χ4n) is 2.81. The lowest BCUT2D eigenvalue weighted by Gasteiger charge is -2.07. The molecule has 0 aliphatic rings. The second-order valence-corrected chi connectivity index (χ2v) is 8.99. The molecule has 0 N–H and O–H groups in total. The van der Waals surface area contributed by atoms with E-state index in [1.54, 1.807) is 12.1 Å². The lowest BCUT2D eigenvalue weighted by atomic mass is 10.1. The van der Waals surface area contributed by atoms with Crippen LogP contribution in [0.15, 0.2) is 45.7 Å². The Kier molecular flexibility index (Phi) is 6.22. The van der Waals surface area contributed by atoms with Crippen molar-refractivity contribution >= 4 is 31.6 Å². The largest absolute Gasteiger partial charge is 0.497 e. The van der Waals surface area contributed by atoms with Gasteiger partial charge in [-0.05, 0) is 68.3 Å². The summed E-state index contributed by atoms with van der Waals surface area (Å²) in [6.07, 6.45) is 0. The third-order valence-corrected chi connectivity index (χ3v) is 6.96. The summed E-state index contributed by atoms with van der Waals surface area (Å²) in [5.74, 6) is 0.596. The zero-order valence-electron chi connectivity index (χ0n) is 16.4. The molecule has 28 heavy (non-hydrogen) atoms. The molecule has 0 atom stereocenters. The third kappa shape index (κ3) is 4.29. The van der Waals surface area contributed by atoms with E-state index >= 15 is 0 Å². The van der Waals surface area contributed by atoms with Crippen LogP contribution < -0.4 is 9.54 Å². The van der Waals surface area contributed by atoms with Gasteiger partial charge in [-0.15, -0.1) is 4.40 Å². The topological polar surface area (TPSA) is 69.9 Å². The summed E-state index contributed by atoms with van der Waals surface area (Å²) in [6, 6.07) is 10.4. The van der Waals surface area contributed by atoms with Crippen LogP contribution in [0.3, 0.4) is 0 Å². The zero-order chi connectivity index (χ0) is 20.3. The van der Waals surface area contributed by atoms with Crippen molar-refractivity contribution < 1.29 is 17.9 Å². The molecule has 6 nitrogen and oxygen atoms in total. The number of fused-ring (bicyclic) bond motifs is 1. The highest BCUT2D eigenvalue weighted by Crippen LogP contribution is 2.23. The van der Waals surface area contributed by atoms with Crippen molar-refractivity contribution in [2.45, 2.75) is 32.2 Å². The van der Waals surface area contributed by atoms with Gasteiger partial charge in [0, 0.05) is 13.2 Å². The van der Waals surface area contributed by atoms with Crippen LogP contribution in [0, 0.1) is 13.8 Å². The van der Waals surface area contributed by atoms with Crippen LogP contribution in [0.25, 0.3) is 10.2 Å². The fourth-order valence-corrected chi connectivity index (χ4v) is 5.15. The number of ether oxygens (including phenoxy) is 2. The SMILES string of the molecule is CCOCCn1/c(=N/S(=O)(=O)c2ccc(OC)cc2)sc2cc(C)c(C)cc21. The van der Waals surface area contributed by atoms with Crippen LogP contribution in [0.1, 0.15) is 18.1 Å². The van der Waals surface area contributed by atoms with Crippen LogP contribution in [-0.4, -0.2) is 33.3 Å². The smallest absolute Gasteiger partial charge is 0.285 e. The number of methoxy groups -OCH3 is 1. The van der Waals surface area contributed by atoms with E-state index in [9.17, 15) is 8.42 Å². The van der Waals surface area contributed by atoms with Crippen molar-refractivity contribution in [1.82, 2.24) is 4.57 Å². The van der Waals surface area contributed by atoms with Crippen LogP contribution in [-0.2, 0) is 21.3 Å². The average molecular weight is 421 g/mol. The molecule has 0 unspecified atom stereocenters. The molecule has 2 aromatic carbocycles. The monoisotopic (exact) mass is 420 g/mol. The van der Waals surface area contributed by atoms with E-state index in [0.29, 0.717) is 30.3 Å². The van der Waals surface area contributed by atoms with E-state index in [0.717, 1.165) is 21.3 Å². The minimum absolute atomic E-state index is 0.134. The van der Waals surface area contributed by atoms with Gasteiger partial charge in [0.25, 0.3) is 10.0 Å². The molecule has 0 aliphatic heterocycles. The molecule has 1 aromatic heterocycles. The molecule has 0 radical (unpaired) electrons. The maximum Gasteiger partial charge on any atom is 0.285 e. The van der Waals surface area contributed by atoms with Gasteiger partial charge in [-0.2, -0.15) is 8.42 Å². The van der Waals surface area contributed by atoms with Gasteiger partial charge < -0.3 is 14.0 Å². The summed E-state index contributed by atoms with van der Waals surface area (Å²) < 4.78 is 43.3. The molecule has 150 valence electrons. The van der Waals surface area contributed by atoms with Crippen molar-refractivity contribution in [3.63, 3.8) is 0 Å². The molecule has 0 spiro atoms. The Hall–Kier alpha value is -2.16. The van der Waals surface area contributed by atoms with Crippen molar-refractivity contribution in [2.24, 2.45) is 4.40 Å². The zero-order valence-corrected chi connectivity index (χ0v) is 18.1. The summed E-state index contributed by atoms with van der Waals surface area (Å²) in [4.78, 5) is 0.574. The summed E-state index contributed by atoms with van der Waals surface area (Å²) in [6.45, 7) is 7.66. The van der Waals surface area contributed by atoms with E-state index in [4.69, 9.17) is 9.47 Å². The van der Waals surface area contributed by atoms with Crippen molar-refractivity contribution in [2.75, 3.05) is 20.3 Å². The number of hydrogen-bond acceptors (Lipinski definition) is 5. The van der Waals surface area contributed by atoms with Gasteiger partial charge in [-0.3, -0.25) is 0 Å². The van der Waals surface area contributed by atoms with Crippen molar-refractivity contribution in [1.29, 1.82) is 0 Å². The van der Waals surface area contributed by atoms with Gasteiger partial charge in [0.05, 0.1) is 28.8 Å². The number of aryl methyl sites for hydroxylation is 2. The quantitative estimate of drug-likeness (QED) is 0.547. The Balaban J connectivity index is 2.14. The summed E-state index contributed by atoms with van der Waals surface area (Å²) in [7, 11) is -2.30. The van der Waals surface area contributed by atoms with Gasteiger partial charge in [-0.1, -0.05) is 11.3 Å². The van der Waals surface area contributed by atoms with Crippen LogP contribution >= 0.6 is 11.3 Å². The average Bonchev–Trinajstić information content (AvgIpc) is 2.98. The maximum atomic E-state index is 12.8. The second kappa shape index (κ2) is 8.46. The highest BCUT2D eigenvalue weighted by molar-refractivity contribution is 7.90. The van der Waals surface area contributed by atoms with Gasteiger partial charge in [-0.25, -0.2) is 0 Å². The number of benzene rings is 2. The first-order valence-electron chi connectivity index (χ1n) is 8.99. The highest BCUT2D eigenvalue weighted by Gasteiger charge is 2.15. The Morgan fingerprint density at radius 1 is 1.11 bits per heavy atom. The van der Waals surface area contributed by atoms with Crippen LogP contribution in [0.5, 0.6) is 5.75 Å². The molecule has 0 bridgehead atoms. The number of aromatic nitrogens is 1.